The summed E-state index contributed by atoms with van der Waals surface area (Å²) in [6.45, 7) is 3.86. The van der Waals surface area contributed by atoms with Crippen LogP contribution in [0.4, 0.5) is 11.4 Å². The third kappa shape index (κ3) is 5.23. The first-order valence-corrected chi connectivity index (χ1v) is 12.0. The Balaban J connectivity index is 1.71. The highest BCUT2D eigenvalue weighted by atomic mass is 32.2. The van der Waals surface area contributed by atoms with E-state index in [1.807, 2.05) is 74.5 Å². The van der Waals surface area contributed by atoms with E-state index in [-0.39, 0.29) is 11.5 Å². The molecule has 2 amide bonds. The standard InChI is InChI=1S/C28H25N3O3S/c1-18-8-12-21(13-9-18)30-26(32)23(17-29)28-31(24-7-5-4-6-19(24)2)27(33)25(35-28)16-20-10-14-22(34-3)15-11-20/h4-15,25H,16H2,1-3H3,(H,30,32)/b28-23-. The SMILES string of the molecule is COc1ccc(CC2S/C(=C(/C#N)C(=O)Nc3ccc(C)cc3)N(c3ccccc3C)C2=O)cc1. The molecule has 1 heterocycles. The molecule has 7 heteroatoms. The van der Waals surface area contributed by atoms with Gasteiger partial charge in [0.15, 0.2) is 0 Å². The molecule has 4 rings (SSSR count). The Labute approximate surface area is 209 Å². The van der Waals surface area contributed by atoms with Gasteiger partial charge in [0.1, 0.15) is 22.4 Å². The van der Waals surface area contributed by atoms with Gasteiger partial charge in [-0.15, -0.1) is 0 Å². The molecule has 3 aromatic rings. The summed E-state index contributed by atoms with van der Waals surface area (Å²) < 4.78 is 5.22. The van der Waals surface area contributed by atoms with E-state index in [0.717, 1.165) is 22.4 Å². The van der Waals surface area contributed by atoms with Crippen molar-refractivity contribution in [1.29, 1.82) is 5.26 Å². The minimum Gasteiger partial charge on any atom is -0.497 e. The summed E-state index contributed by atoms with van der Waals surface area (Å²) >= 11 is 1.25. The van der Waals surface area contributed by atoms with Crippen LogP contribution in [0.5, 0.6) is 5.75 Å². The number of nitriles is 1. The van der Waals surface area contributed by atoms with Gasteiger partial charge in [-0.25, -0.2) is 0 Å². The third-order valence-corrected chi connectivity index (χ3v) is 7.01. The topological polar surface area (TPSA) is 82.4 Å². The summed E-state index contributed by atoms with van der Waals surface area (Å²) in [6, 6.07) is 24.4. The molecule has 1 aliphatic rings. The monoisotopic (exact) mass is 483 g/mol. The number of carbonyl (C=O) groups is 2. The molecule has 1 N–H and O–H groups in total. The van der Waals surface area contributed by atoms with Gasteiger partial charge >= 0.3 is 0 Å². The van der Waals surface area contributed by atoms with Gasteiger partial charge in [0.25, 0.3) is 5.91 Å². The van der Waals surface area contributed by atoms with Crippen LogP contribution in [0.1, 0.15) is 16.7 Å². The second kappa shape index (κ2) is 10.5. The van der Waals surface area contributed by atoms with Crippen molar-refractivity contribution in [3.8, 4) is 11.8 Å². The lowest BCUT2D eigenvalue weighted by Gasteiger charge is -2.20. The van der Waals surface area contributed by atoms with E-state index in [9.17, 15) is 14.9 Å². The lowest BCUT2D eigenvalue weighted by molar-refractivity contribution is -0.117. The molecule has 0 bridgehead atoms. The highest BCUT2D eigenvalue weighted by Crippen LogP contribution is 2.43. The van der Waals surface area contributed by atoms with Gasteiger partial charge in [0.2, 0.25) is 5.91 Å². The molecule has 0 radical (unpaired) electrons. The number of ether oxygens (including phenoxy) is 1. The van der Waals surface area contributed by atoms with E-state index in [0.29, 0.717) is 22.8 Å². The molecule has 6 nitrogen and oxygen atoms in total. The van der Waals surface area contributed by atoms with Crippen LogP contribution < -0.4 is 15.0 Å². The van der Waals surface area contributed by atoms with E-state index in [1.54, 1.807) is 19.2 Å². The van der Waals surface area contributed by atoms with Crippen LogP contribution in [0, 0.1) is 25.2 Å². The summed E-state index contributed by atoms with van der Waals surface area (Å²) in [7, 11) is 1.60. The number of thioether (sulfide) groups is 1. The molecular formula is C28H25N3O3S. The molecule has 1 aliphatic heterocycles. The summed E-state index contributed by atoms with van der Waals surface area (Å²) in [4.78, 5) is 28.3. The number of benzene rings is 3. The lowest BCUT2D eigenvalue weighted by atomic mass is 10.1. The van der Waals surface area contributed by atoms with Gasteiger partial charge in [-0.2, -0.15) is 5.26 Å². The van der Waals surface area contributed by atoms with Gasteiger partial charge in [-0.05, 0) is 61.7 Å². The Hall–Kier alpha value is -4.02. The molecule has 0 aliphatic carbocycles. The van der Waals surface area contributed by atoms with Crippen LogP contribution in [0.2, 0.25) is 0 Å². The quantitative estimate of drug-likeness (QED) is 0.376. The Morgan fingerprint density at radius 1 is 1.06 bits per heavy atom. The van der Waals surface area contributed by atoms with E-state index >= 15 is 0 Å². The Kier molecular flexibility index (Phi) is 7.23. The Bertz CT molecular complexity index is 1320. The first kappa shape index (κ1) is 24.1. The highest BCUT2D eigenvalue weighted by Gasteiger charge is 2.41. The molecule has 1 fully saturated rings. The number of hydrogen-bond acceptors (Lipinski definition) is 5. The number of rotatable bonds is 6. The zero-order valence-electron chi connectivity index (χ0n) is 19.7. The lowest BCUT2D eigenvalue weighted by Crippen LogP contribution is -2.31. The van der Waals surface area contributed by atoms with Crippen LogP contribution >= 0.6 is 11.8 Å². The molecule has 176 valence electrons. The average molecular weight is 484 g/mol. The molecule has 0 aromatic heterocycles. The van der Waals surface area contributed by atoms with E-state index < -0.39 is 11.2 Å². The maximum atomic E-state index is 13.6. The molecule has 35 heavy (non-hydrogen) atoms. The van der Waals surface area contributed by atoms with Crippen molar-refractivity contribution < 1.29 is 14.3 Å². The van der Waals surface area contributed by atoms with Crippen LogP contribution in [0.25, 0.3) is 0 Å². The van der Waals surface area contributed by atoms with E-state index in [4.69, 9.17) is 4.74 Å². The largest absolute Gasteiger partial charge is 0.497 e. The summed E-state index contributed by atoms with van der Waals surface area (Å²) in [5, 5.41) is 12.7. The fraction of sp³-hybridized carbons (Fsp3) is 0.179. The molecule has 1 saturated heterocycles. The van der Waals surface area contributed by atoms with Crippen molar-refractivity contribution in [2.24, 2.45) is 0 Å². The van der Waals surface area contributed by atoms with Crippen molar-refractivity contribution in [1.82, 2.24) is 0 Å². The predicted molar refractivity (Wildman–Crippen MR) is 139 cm³/mol. The fourth-order valence-corrected chi connectivity index (χ4v) is 5.13. The second-order valence-electron chi connectivity index (χ2n) is 8.23. The summed E-state index contributed by atoms with van der Waals surface area (Å²) in [5.41, 5.74) is 4.05. The van der Waals surface area contributed by atoms with Crippen molar-refractivity contribution in [3.05, 3.63) is 100 Å². The summed E-state index contributed by atoms with van der Waals surface area (Å²) in [6.07, 6.45) is 0.456. The third-order valence-electron chi connectivity index (χ3n) is 5.75. The molecule has 1 atom stereocenters. The normalized spacial score (nSPS) is 16.6. The Morgan fingerprint density at radius 2 is 1.74 bits per heavy atom. The number of nitrogens with one attached hydrogen (secondary N) is 1. The number of para-hydroxylation sites is 1. The van der Waals surface area contributed by atoms with Crippen molar-refractivity contribution in [3.63, 3.8) is 0 Å². The molecule has 3 aromatic carbocycles. The molecule has 0 saturated carbocycles. The van der Waals surface area contributed by atoms with Crippen LogP contribution in [0.15, 0.2) is 83.4 Å². The van der Waals surface area contributed by atoms with Gasteiger partial charge in [0, 0.05) is 5.69 Å². The van der Waals surface area contributed by atoms with Gasteiger partial charge in [0.05, 0.1) is 18.0 Å². The van der Waals surface area contributed by atoms with Crippen LogP contribution in [-0.2, 0) is 16.0 Å². The number of methoxy groups -OCH3 is 1. The predicted octanol–water partition coefficient (Wildman–Crippen LogP) is 5.38. The van der Waals surface area contributed by atoms with Crippen molar-refractivity contribution in [2.75, 3.05) is 17.3 Å². The summed E-state index contributed by atoms with van der Waals surface area (Å²) in [5.74, 6) is 0.0298. The fourth-order valence-electron chi connectivity index (χ4n) is 3.83. The van der Waals surface area contributed by atoms with Gasteiger partial charge in [-0.3, -0.25) is 14.5 Å². The van der Waals surface area contributed by atoms with E-state index in [2.05, 4.69) is 11.4 Å². The molecule has 0 spiro atoms. The zero-order chi connectivity index (χ0) is 24.9. The number of aryl methyl sites for hydroxylation is 2. The smallest absolute Gasteiger partial charge is 0.269 e. The average Bonchev–Trinajstić information content (AvgIpc) is 3.17. The number of anilines is 2. The first-order valence-electron chi connectivity index (χ1n) is 11.1. The highest BCUT2D eigenvalue weighted by molar-refractivity contribution is 8.05. The van der Waals surface area contributed by atoms with Crippen molar-refractivity contribution >= 4 is 35.0 Å². The zero-order valence-corrected chi connectivity index (χ0v) is 20.6. The first-order chi connectivity index (χ1) is 16.9. The Morgan fingerprint density at radius 3 is 2.37 bits per heavy atom. The second-order valence-corrected chi connectivity index (χ2v) is 9.42. The van der Waals surface area contributed by atoms with E-state index in [1.165, 1.54) is 16.7 Å². The van der Waals surface area contributed by atoms with Crippen LogP contribution in [0.3, 0.4) is 0 Å². The molecular weight excluding hydrogens is 458 g/mol. The number of amides is 2. The minimum absolute atomic E-state index is 0.0931. The van der Waals surface area contributed by atoms with Crippen LogP contribution in [-0.4, -0.2) is 24.2 Å². The maximum Gasteiger partial charge on any atom is 0.269 e. The van der Waals surface area contributed by atoms with Gasteiger partial charge in [-0.1, -0.05) is 59.8 Å². The van der Waals surface area contributed by atoms with Crippen molar-refractivity contribution in [2.45, 2.75) is 25.5 Å². The number of carbonyl (C=O) groups excluding carboxylic acids is 2. The van der Waals surface area contributed by atoms with Gasteiger partial charge < -0.3 is 10.1 Å². The molecule has 1 unspecified atom stereocenters. The number of nitrogens with zero attached hydrogens (tertiary/aromatic N) is 2. The maximum absolute atomic E-state index is 13.6. The minimum atomic E-state index is -0.546. The number of hydrogen-bond donors (Lipinski definition) is 1.